The van der Waals surface area contributed by atoms with Crippen LogP contribution in [0.5, 0.6) is 0 Å². The number of thiophene rings is 1. The number of nitrogens with two attached hydrogens (primary N) is 1. The van der Waals surface area contributed by atoms with Gasteiger partial charge in [0.2, 0.25) is 5.16 Å². The molecule has 0 fully saturated rings. The van der Waals surface area contributed by atoms with Crippen LogP contribution in [0.4, 0.5) is 5.82 Å². The largest absolute Gasteiger partial charge is 0.383 e. The monoisotopic (exact) mass is 361 g/mol. The first-order valence-corrected chi connectivity index (χ1v) is 9.91. The molecule has 0 aromatic carbocycles. The molecule has 24 heavy (non-hydrogen) atoms. The van der Waals surface area contributed by atoms with Gasteiger partial charge in [-0.15, -0.1) is 16.4 Å². The SMILES string of the molecule is CC(C)n1nnnc1SCc1nc(N)c2c3c(sc2n1)CCCC3. The molecule has 0 aliphatic heterocycles. The van der Waals surface area contributed by atoms with E-state index in [2.05, 4.69) is 34.4 Å². The fourth-order valence-corrected chi connectivity index (χ4v) is 5.18. The van der Waals surface area contributed by atoms with E-state index in [4.69, 9.17) is 10.7 Å². The first-order chi connectivity index (χ1) is 11.6. The van der Waals surface area contributed by atoms with E-state index in [9.17, 15) is 0 Å². The van der Waals surface area contributed by atoms with Crippen molar-refractivity contribution in [2.45, 2.75) is 56.5 Å². The molecular weight excluding hydrogens is 342 g/mol. The van der Waals surface area contributed by atoms with Gasteiger partial charge in [0, 0.05) is 4.88 Å². The molecule has 0 radical (unpaired) electrons. The summed E-state index contributed by atoms with van der Waals surface area (Å²) in [6.45, 7) is 4.11. The number of nitrogens with zero attached hydrogens (tertiary/aromatic N) is 6. The number of hydrogen-bond acceptors (Lipinski definition) is 8. The molecule has 0 unspecified atom stereocenters. The topological polar surface area (TPSA) is 95.4 Å². The van der Waals surface area contributed by atoms with E-state index in [0.717, 1.165) is 34.0 Å². The molecule has 0 atom stereocenters. The molecule has 0 amide bonds. The third-order valence-corrected chi connectivity index (χ3v) is 6.29. The summed E-state index contributed by atoms with van der Waals surface area (Å²) in [6.07, 6.45) is 4.73. The first-order valence-electron chi connectivity index (χ1n) is 8.10. The van der Waals surface area contributed by atoms with Gasteiger partial charge in [0.05, 0.1) is 17.2 Å². The summed E-state index contributed by atoms with van der Waals surface area (Å²) in [5, 5.41) is 13.7. The van der Waals surface area contributed by atoms with Crippen LogP contribution in [-0.4, -0.2) is 30.2 Å². The van der Waals surface area contributed by atoms with Crippen LogP contribution >= 0.6 is 23.1 Å². The van der Waals surface area contributed by atoms with Crippen molar-refractivity contribution < 1.29 is 0 Å². The average Bonchev–Trinajstić information content (AvgIpc) is 3.17. The lowest BCUT2D eigenvalue weighted by Crippen LogP contribution is -2.05. The molecule has 1 aliphatic carbocycles. The number of hydrogen-bond donors (Lipinski definition) is 1. The Morgan fingerprint density at radius 2 is 2.08 bits per heavy atom. The molecule has 0 saturated heterocycles. The zero-order chi connectivity index (χ0) is 16.7. The average molecular weight is 362 g/mol. The lowest BCUT2D eigenvalue weighted by atomic mass is 9.97. The normalized spacial score (nSPS) is 14.5. The highest BCUT2D eigenvalue weighted by molar-refractivity contribution is 7.98. The third-order valence-electron chi connectivity index (χ3n) is 4.17. The van der Waals surface area contributed by atoms with Crippen molar-refractivity contribution in [2.75, 3.05) is 5.73 Å². The summed E-state index contributed by atoms with van der Waals surface area (Å²) in [4.78, 5) is 11.7. The number of fused-ring (bicyclic) bond motifs is 3. The molecule has 3 aromatic rings. The molecule has 2 N–H and O–H groups in total. The first kappa shape index (κ1) is 15.8. The molecule has 0 spiro atoms. The predicted molar refractivity (Wildman–Crippen MR) is 96.2 cm³/mol. The number of thioether (sulfide) groups is 1. The van der Waals surface area contributed by atoms with Gasteiger partial charge in [-0.2, -0.15) is 0 Å². The van der Waals surface area contributed by atoms with Gasteiger partial charge in [-0.05, 0) is 55.5 Å². The van der Waals surface area contributed by atoms with Gasteiger partial charge in [-0.1, -0.05) is 11.8 Å². The van der Waals surface area contributed by atoms with Gasteiger partial charge in [0.15, 0.2) is 0 Å². The second kappa shape index (κ2) is 6.29. The Labute approximate surface area is 148 Å². The Morgan fingerprint density at radius 1 is 1.25 bits per heavy atom. The summed E-state index contributed by atoms with van der Waals surface area (Å²) in [5.74, 6) is 1.95. The summed E-state index contributed by atoms with van der Waals surface area (Å²) in [5.41, 5.74) is 7.63. The van der Waals surface area contributed by atoms with Crippen LogP contribution in [0.25, 0.3) is 10.2 Å². The minimum Gasteiger partial charge on any atom is -0.383 e. The number of tetrazole rings is 1. The highest BCUT2D eigenvalue weighted by Gasteiger charge is 2.20. The van der Waals surface area contributed by atoms with Gasteiger partial charge in [-0.3, -0.25) is 0 Å². The lowest BCUT2D eigenvalue weighted by molar-refractivity contribution is 0.477. The molecule has 3 heterocycles. The smallest absolute Gasteiger partial charge is 0.209 e. The lowest BCUT2D eigenvalue weighted by Gasteiger charge is -2.10. The van der Waals surface area contributed by atoms with Crippen molar-refractivity contribution in [3.8, 4) is 0 Å². The Balaban J connectivity index is 1.62. The van der Waals surface area contributed by atoms with Crippen molar-refractivity contribution in [2.24, 2.45) is 0 Å². The van der Waals surface area contributed by atoms with Crippen LogP contribution in [0.2, 0.25) is 0 Å². The molecule has 126 valence electrons. The molecule has 0 saturated carbocycles. The Morgan fingerprint density at radius 3 is 2.92 bits per heavy atom. The van der Waals surface area contributed by atoms with E-state index in [1.165, 1.54) is 35.0 Å². The third kappa shape index (κ3) is 2.75. The fraction of sp³-hybridized carbons (Fsp3) is 0.533. The molecule has 7 nitrogen and oxygen atoms in total. The summed E-state index contributed by atoms with van der Waals surface area (Å²) < 4.78 is 1.80. The van der Waals surface area contributed by atoms with Crippen molar-refractivity contribution in [3.63, 3.8) is 0 Å². The van der Waals surface area contributed by atoms with Crippen molar-refractivity contribution in [1.29, 1.82) is 0 Å². The van der Waals surface area contributed by atoms with E-state index in [1.807, 2.05) is 0 Å². The van der Waals surface area contributed by atoms with Crippen molar-refractivity contribution in [3.05, 3.63) is 16.3 Å². The molecule has 3 aromatic heterocycles. The zero-order valence-electron chi connectivity index (χ0n) is 13.7. The van der Waals surface area contributed by atoms with E-state index in [1.54, 1.807) is 16.0 Å². The van der Waals surface area contributed by atoms with Gasteiger partial charge in [0.25, 0.3) is 0 Å². The molecule has 0 bridgehead atoms. The zero-order valence-corrected chi connectivity index (χ0v) is 15.3. The van der Waals surface area contributed by atoms with Crippen LogP contribution in [0.1, 0.15) is 49.0 Å². The Hall–Kier alpha value is -1.74. The van der Waals surface area contributed by atoms with Crippen molar-refractivity contribution >= 4 is 39.1 Å². The highest BCUT2D eigenvalue weighted by Crippen LogP contribution is 2.38. The summed E-state index contributed by atoms with van der Waals surface area (Å²) in [6, 6.07) is 0.222. The molecular formula is C15H19N7S2. The predicted octanol–water partition coefficient (Wildman–Crippen LogP) is 3.01. The van der Waals surface area contributed by atoms with Gasteiger partial charge in [0.1, 0.15) is 16.5 Å². The highest BCUT2D eigenvalue weighted by atomic mass is 32.2. The van der Waals surface area contributed by atoms with Crippen molar-refractivity contribution in [1.82, 2.24) is 30.2 Å². The quantitative estimate of drug-likeness (QED) is 0.714. The summed E-state index contributed by atoms with van der Waals surface area (Å²) in [7, 11) is 0. The van der Waals surface area contributed by atoms with Gasteiger partial charge < -0.3 is 5.73 Å². The minimum atomic E-state index is 0.222. The number of aromatic nitrogens is 6. The second-order valence-electron chi connectivity index (χ2n) is 6.20. The van der Waals surface area contributed by atoms with Gasteiger partial charge in [-0.25, -0.2) is 14.6 Å². The number of rotatable bonds is 4. The van der Waals surface area contributed by atoms with Crippen LogP contribution in [-0.2, 0) is 18.6 Å². The van der Waals surface area contributed by atoms with E-state index < -0.39 is 0 Å². The van der Waals surface area contributed by atoms with Crippen LogP contribution in [0.3, 0.4) is 0 Å². The van der Waals surface area contributed by atoms with Crippen LogP contribution in [0, 0.1) is 0 Å². The van der Waals surface area contributed by atoms with E-state index >= 15 is 0 Å². The standard InChI is InChI=1S/C15H19N7S2/c1-8(2)22-15(19-20-21-22)23-7-11-17-13(16)12-9-5-3-4-6-10(9)24-14(12)18-11/h8H,3-7H2,1-2H3,(H2,16,17,18). The Bertz CT molecular complexity index is 883. The minimum absolute atomic E-state index is 0.222. The maximum absolute atomic E-state index is 6.25. The summed E-state index contributed by atoms with van der Waals surface area (Å²) >= 11 is 3.31. The number of anilines is 1. The number of nitrogen functional groups attached to an aromatic ring is 1. The van der Waals surface area contributed by atoms with E-state index in [0.29, 0.717) is 11.6 Å². The second-order valence-corrected chi connectivity index (χ2v) is 8.23. The number of aryl methyl sites for hydroxylation is 2. The maximum Gasteiger partial charge on any atom is 0.209 e. The maximum atomic E-state index is 6.25. The fourth-order valence-electron chi connectivity index (χ4n) is 3.03. The molecule has 9 heteroatoms. The van der Waals surface area contributed by atoms with Crippen LogP contribution in [0.15, 0.2) is 5.16 Å². The Kier molecular flexibility index (Phi) is 4.13. The van der Waals surface area contributed by atoms with Gasteiger partial charge >= 0.3 is 0 Å². The van der Waals surface area contributed by atoms with E-state index in [-0.39, 0.29) is 6.04 Å². The van der Waals surface area contributed by atoms with Crippen LogP contribution < -0.4 is 5.73 Å². The molecule has 4 rings (SSSR count). The molecule has 1 aliphatic rings.